The van der Waals surface area contributed by atoms with Gasteiger partial charge in [0.2, 0.25) is 0 Å². The molecule has 10 heteroatoms. The zero-order chi connectivity index (χ0) is 20.9. The van der Waals surface area contributed by atoms with Crippen LogP contribution in [0.15, 0.2) is 34.6 Å². The van der Waals surface area contributed by atoms with Crippen LogP contribution in [0.3, 0.4) is 0 Å². The molecule has 0 unspecified atom stereocenters. The van der Waals surface area contributed by atoms with Crippen molar-refractivity contribution in [3.05, 3.63) is 51.7 Å². The molecule has 1 aliphatic heterocycles. The number of likely N-dealkylation sites (tertiary alicyclic amines) is 1. The SMILES string of the molecule is CN=C(NCc1nc(C(F)(F)F)cs1)NC1CCN(Cc2ccc(F)cc2)CC1. The standard InChI is InChI=1S/C19H23F4N5S/c1-24-18(25-10-17-27-16(12-29-17)19(21,22)23)26-15-6-8-28(9-7-15)11-13-2-4-14(20)5-3-13/h2-5,12,15H,6-11H2,1H3,(H2,24,25,26). The van der Waals surface area contributed by atoms with Crippen LogP contribution < -0.4 is 10.6 Å². The van der Waals surface area contributed by atoms with Crippen LogP contribution in [0.1, 0.15) is 29.1 Å². The molecule has 158 valence electrons. The maximum Gasteiger partial charge on any atom is 0.434 e. The lowest BCUT2D eigenvalue weighted by atomic mass is 10.0. The van der Waals surface area contributed by atoms with Crippen molar-refractivity contribution < 1.29 is 17.6 Å². The molecule has 0 spiro atoms. The van der Waals surface area contributed by atoms with E-state index in [1.54, 1.807) is 19.2 Å². The normalized spacial score (nSPS) is 16.8. The summed E-state index contributed by atoms with van der Waals surface area (Å²) in [6.07, 6.45) is -2.59. The lowest BCUT2D eigenvalue weighted by Crippen LogP contribution is -2.48. The minimum absolute atomic E-state index is 0.184. The third-order valence-corrected chi connectivity index (χ3v) is 5.57. The van der Waals surface area contributed by atoms with E-state index in [2.05, 4.69) is 25.5 Å². The van der Waals surface area contributed by atoms with E-state index in [0.29, 0.717) is 11.0 Å². The zero-order valence-corrected chi connectivity index (χ0v) is 16.8. The van der Waals surface area contributed by atoms with E-state index in [-0.39, 0.29) is 18.4 Å². The van der Waals surface area contributed by atoms with Gasteiger partial charge in [0.25, 0.3) is 0 Å². The number of hydrogen-bond acceptors (Lipinski definition) is 4. The molecule has 1 aromatic heterocycles. The molecule has 1 saturated heterocycles. The van der Waals surface area contributed by atoms with Crippen LogP contribution in [0.4, 0.5) is 17.6 Å². The van der Waals surface area contributed by atoms with Gasteiger partial charge >= 0.3 is 6.18 Å². The Kier molecular flexibility index (Phi) is 7.07. The Morgan fingerprint density at radius 1 is 1.24 bits per heavy atom. The van der Waals surface area contributed by atoms with Gasteiger partial charge in [0, 0.05) is 38.1 Å². The number of nitrogens with zero attached hydrogens (tertiary/aromatic N) is 3. The van der Waals surface area contributed by atoms with Gasteiger partial charge in [0.05, 0.1) is 6.54 Å². The molecule has 29 heavy (non-hydrogen) atoms. The number of alkyl halides is 3. The minimum Gasteiger partial charge on any atom is -0.354 e. The summed E-state index contributed by atoms with van der Waals surface area (Å²) in [5, 5.41) is 7.72. The first kappa shape index (κ1) is 21.5. The Morgan fingerprint density at radius 3 is 2.52 bits per heavy atom. The molecule has 2 N–H and O–H groups in total. The highest BCUT2D eigenvalue weighted by atomic mass is 32.1. The number of rotatable bonds is 5. The monoisotopic (exact) mass is 429 g/mol. The maximum absolute atomic E-state index is 13.0. The molecule has 0 saturated carbocycles. The zero-order valence-electron chi connectivity index (χ0n) is 16.0. The fourth-order valence-electron chi connectivity index (χ4n) is 3.15. The number of thiazole rings is 1. The van der Waals surface area contributed by atoms with Gasteiger partial charge in [-0.3, -0.25) is 9.89 Å². The van der Waals surface area contributed by atoms with E-state index in [0.717, 1.165) is 54.8 Å². The van der Waals surface area contributed by atoms with Gasteiger partial charge in [-0.1, -0.05) is 12.1 Å². The summed E-state index contributed by atoms with van der Waals surface area (Å²) in [7, 11) is 1.63. The van der Waals surface area contributed by atoms with Crippen LogP contribution in [-0.4, -0.2) is 42.0 Å². The Morgan fingerprint density at radius 2 is 1.93 bits per heavy atom. The Bertz CT molecular complexity index is 811. The first-order chi connectivity index (χ1) is 13.8. The van der Waals surface area contributed by atoms with Crippen LogP contribution in [0.2, 0.25) is 0 Å². The maximum atomic E-state index is 13.0. The Balaban J connectivity index is 1.42. The molecule has 1 aromatic carbocycles. The molecule has 1 fully saturated rings. The molecular weight excluding hydrogens is 406 g/mol. The molecule has 0 bridgehead atoms. The summed E-state index contributed by atoms with van der Waals surface area (Å²) in [6.45, 7) is 2.76. The van der Waals surface area contributed by atoms with Crippen molar-refractivity contribution in [2.45, 2.75) is 38.1 Å². The van der Waals surface area contributed by atoms with E-state index < -0.39 is 11.9 Å². The van der Waals surface area contributed by atoms with Crippen LogP contribution in [0.5, 0.6) is 0 Å². The summed E-state index contributed by atoms with van der Waals surface area (Å²) < 4.78 is 50.9. The minimum atomic E-state index is -4.42. The third-order valence-electron chi connectivity index (χ3n) is 4.72. The Hall–Kier alpha value is -2.20. The van der Waals surface area contributed by atoms with E-state index in [1.165, 1.54) is 12.1 Å². The van der Waals surface area contributed by atoms with Crippen molar-refractivity contribution >= 4 is 17.3 Å². The molecule has 3 rings (SSSR count). The average Bonchev–Trinajstić information content (AvgIpc) is 3.18. The quantitative estimate of drug-likeness (QED) is 0.433. The second kappa shape index (κ2) is 9.53. The highest BCUT2D eigenvalue weighted by Crippen LogP contribution is 2.29. The van der Waals surface area contributed by atoms with Gasteiger partial charge in [-0.05, 0) is 30.5 Å². The molecule has 1 aliphatic rings. The fourth-order valence-corrected chi connectivity index (χ4v) is 3.89. The van der Waals surface area contributed by atoms with Crippen LogP contribution in [-0.2, 0) is 19.3 Å². The van der Waals surface area contributed by atoms with Crippen molar-refractivity contribution in [2.24, 2.45) is 4.99 Å². The van der Waals surface area contributed by atoms with Gasteiger partial charge < -0.3 is 10.6 Å². The van der Waals surface area contributed by atoms with Gasteiger partial charge in [-0.2, -0.15) is 13.2 Å². The van der Waals surface area contributed by atoms with Crippen LogP contribution in [0, 0.1) is 5.82 Å². The number of hydrogen-bond donors (Lipinski definition) is 2. The van der Waals surface area contributed by atoms with Crippen molar-refractivity contribution in [1.29, 1.82) is 0 Å². The lowest BCUT2D eigenvalue weighted by molar-refractivity contribution is -0.140. The van der Waals surface area contributed by atoms with E-state index >= 15 is 0 Å². The first-order valence-electron chi connectivity index (χ1n) is 9.29. The molecule has 0 atom stereocenters. The predicted octanol–water partition coefficient (Wildman–Crippen LogP) is 3.63. The Labute approximate surface area is 170 Å². The van der Waals surface area contributed by atoms with Gasteiger partial charge in [-0.15, -0.1) is 11.3 Å². The van der Waals surface area contributed by atoms with E-state index in [4.69, 9.17) is 0 Å². The molecule has 0 amide bonds. The van der Waals surface area contributed by atoms with Gasteiger partial charge in [0.15, 0.2) is 11.7 Å². The highest BCUT2D eigenvalue weighted by Gasteiger charge is 2.33. The van der Waals surface area contributed by atoms with Gasteiger partial charge in [0.1, 0.15) is 10.8 Å². The molecule has 0 radical (unpaired) electrons. The molecule has 2 aromatic rings. The molecule has 5 nitrogen and oxygen atoms in total. The highest BCUT2D eigenvalue weighted by molar-refractivity contribution is 7.09. The third kappa shape index (κ3) is 6.40. The number of aliphatic imine (C=N–C) groups is 1. The predicted molar refractivity (Wildman–Crippen MR) is 105 cm³/mol. The number of nitrogens with one attached hydrogen (secondary N) is 2. The number of aromatic nitrogens is 1. The summed E-state index contributed by atoms with van der Waals surface area (Å²) >= 11 is 0.970. The van der Waals surface area contributed by atoms with E-state index in [9.17, 15) is 17.6 Å². The number of halogens is 4. The molecule has 2 heterocycles. The summed E-state index contributed by atoms with van der Waals surface area (Å²) in [5.41, 5.74) is 0.215. The summed E-state index contributed by atoms with van der Waals surface area (Å²) in [6, 6.07) is 6.77. The largest absolute Gasteiger partial charge is 0.434 e. The molecule has 0 aliphatic carbocycles. The smallest absolute Gasteiger partial charge is 0.354 e. The van der Waals surface area contributed by atoms with Crippen molar-refractivity contribution in [2.75, 3.05) is 20.1 Å². The van der Waals surface area contributed by atoms with Crippen LogP contribution >= 0.6 is 11.3 Å². The van der Waals surface area contributed by atoms with Crippen molar-refractivity contribution in [3.63, 3.8) is 0 Å². The number of piperidine rings is 1. The summed E-state index contributed by atoms with van der Waals surface area (Å²) in [4.78, 5) is 10.1. The van der Waals surface area contributed by atoms with Crippen molar-refractivity contribution in [3.8, 4) is 0 Å². The van der Waals surface area contributed by atoms with E-state index in [1.807, 2.05) is 0 Å². The second-order valence-corrected chi connectivity index (χ2v) is 7.81. The number of guanidine groups is 1. The fraction of sp³-hybridized carbons (Fsp3) is 0.474. The topological polar surface area (TPSA) is 52.6 Å². The van der Waals surface area contributed by atoms with Gasteiger partial charge in [-0.25, -0.2) is 9.37 Å². The average molecular weight is 429 g/mol. The summed E-state index contributed by atoms with van der Waals surface area (Å²) in [5.74, 6) is 0.314. The molecular formula is C19H23F4N5S. The first-order valence-corrected chi connectivity index (χ1v) is 10.2. The second-order valence-electron chi connectivity index (χ2n) is 6.87. The number of benzene rings is 1. The van der Waals surface area contributed by atoms with Crippen molar-refractivity contribution in [1.82, 2.24) is 20.5 Å². The van der Waals surface area contributed by atoms with Crippen LogP contribution in [0.25, 0.3) is 0 Å². The lowest BCUT2D eigenvalue weighted by Gasteiger charge is -2.33.